The first-order chi connectivity index (χ1) is 33.5. The Morgan fingerprint density at radius 1 is 0.739 bits per heavy atom. The fourth-order valence-corrected chi connectivity index (χ4v) is 10.9. The summed E-state index contributed by atoms with van der Waals surface area (Å²) in [6.45, 7) is 7.92. The number of aromatic nitrogens is 2. The number of anilines is 3. The lowest BCUT2D eigenvalue weighted by atomic mass is 10.0. The zero-order valence-electron chi connectivity index (χ0n) is 38.5. The van der Waals surface area contributed by atoms with E-state index in [0.717, 1.165) is 67.6 Å². The topological polar surface area (TPSA) is 218 Å². The molecule has 1 aromatic heterocycles. The lowest BCUT2D eigenvalue weighted by Gasteiger charge is -2.43. The van der Waals surface area contributed by atoms with Crippen molar-refractivity contribution in [3.8, 4) is 22.8 Å². The molecule has 7 heterocycles. The molecular formula is C50H57N11O8. The Labute approximate surface area is 399 Å². The number of carbonyl (C=O) groups excluding carboxylic acids is 6. The van der Waals surface area contributed by atoms with Gasteiger partial charge in [-0.25, -0.2) is 0 Å². The van der Waals surface area contributed by atoms with Gasteiger partial charge in [0.05, 0.1) is 22.5 Å². The maximum Gasteiger partial charge on any atom is 0.262 e. The first-order valence-corrected chi connectivity index (χ1v) is 24.0. The number of phenols is 1. The fraction of sp³-hybridized carbons (Fsp3) is 0.440. The zero-order valence-corrected chi connectivity index (χ0v) is 38.5. The molecule has 69 heavy (non-hydrogen) atoms. The molecule has 2 bridgehead atoms. The number of benzene rings is 3. The third kappa shape index (κ3) is 9.40. The van der Waals surface area contributed by atoms with Gasteiger partial charge in [-0.3, -0.25) is 48.8 Å². The number of imide groups is 2. The molecule has 4 N–H and O–H groups in total. The number of nitrogen functional groups attached to an aromatic ring is 1. The Morgan fingerprint density at radius 3 is 2.10 bits per heavy atom. The van der Waals surface area contributed by atoms with Gasteiger partial charge >= 0.3 is 0 Å². The van der Waals surface area contributed by atoms with Crippen molar-refractivity contribution in [2.45, 2.75) is 63.2 Å². The van der Waals surface area contributed by atoms with Crippen molar-refractivity contribution in [1.82, 2.24) is 40.0 Å². The third-order valence-electron chi connectivity index (χ3n) is 14.5. The molecule has 6 aliphatic heterocycles. The monoisotopic (exact) mass is 939 g/mol. The molecule has 0 radical (unpaired) electrons. The maximum atomic E-state index is 13.5. The number of hydrogen-bond acceptors (Lipinski definition) is 15. The molecule has 6 aliphatic rings. The van der Waals surface area contributed by atoms with Gasteiger partial charge in [0.2, 0.25) is 23.6 Å². The second-order valence-corrected chi connectivity index (χ2v) is 18.7. The highest BCUT2D eigenvalue weighted by molar-refractivity contribution is 6.24. The molecule has 5 saturated heterocycles. The second kappa shape index (κ2) is 19.5. The quantitative estimate of drug-likeness (QED) is 0.164. The van der Waals surface area contributed by atoms with Gasteiger partial charge in [-0.1, -0.05) is 30.3 Å². The molecule has 3 aromatic carbocycles. The van der Waals surface area contributed by atoms with Gasteiger partial charge in [0.1, 0.15) is 24.1 Å². The maximum absolute atomic E-state index is 13.5. The average Bonchev–Trinajstić information content (AvgIpc) is 3.78. The van der Waals surface area contributed by atoms with E-state index < -0.39 is 29.7 Å². The van der Waals surface area contributed by atoms with Gasteiger partial charge in [-0.2, -0.15) is 0 Å². The van der Waals surface area contributed by atoms with Crippen LogP contribution >= 0.6 is 0 Å². The van der Waals surface area contributed by atoms with E-state index in [-0.39, 0.29) is 66.5 Å². The standard InChI is InChI=1S/C50H57N11O8/c51-47-41(28-39(53-54-47)37-8-1-2-10-42(37)62)59-30-34-11-12-35(31-59)60(34)33-6-4-7-36(27-33)69-26-25-55-17-21-57(22-18-55)44(64)15-16-45(65)58-23-19-56(20-24-58)29-32-5-3-9-38-46(32)50(68)61(49(38)67)40-13-14-43(63)52-48(40)66/h1-10,27-28,34-35,40,62H,11-26,29-31H2,(H2,51,54)(H,52,63,66). The Bertz CT molecular complexity index is 2650. The number of nitrogens with two attached hydrogens (primary N) is 1. The van der Waals surface area contributed by atoms with Crippen molar-refractivity contribution < 1.29 is 38.6 Å². The Hall–Kier alpha value is -7.12. The number of hydrogen-bond donors (Lipinski definition) is 3. The predicted octanol–water partition coefficient (Wildman–Crippen LogP) is 2.34. The molecule has 3 atom stereocenters. The number of piperidine rings is 1. The second-order valence-electron chi connectivity index (χ2n) is 18.7. The summed E-state index contributed by atoms with van der Waals surface area (Å²) in [5.41, 5.74) is 10.7. The molecule has 10 rings (SSSR count). The van der Waals surface area contributed by atoms with Crippen molar-refractivity contribution in [2.24, 2.45) is 0 Å². The SMILES string of the molecule is Nc1nnc(-c2ccccc2O)cc1N1CC2CCC(C1)N2c1cccc(OCCN2CCN(C(=O)CCC(=O)N3CCN(Cc4cccc5c4C(=O)N(C4CCC(=O)NC4=O)C5=O)CC3)CC2)c1. The highest BCUT2D eigenvalue weighted by atomic mass is 16.5. The number of amides is 6. The first kappa shape index (κ1) is 45.7. The van der Waals surface area contributed by atoms with Crippen LogP contribution in [0.3, 0.4) is 0 Å². The van der Waals surface area contributed by atoms with Gasteiger partial charge in [0.15, 0.2) is 5.82 Å². The van der Waals surface area contributed by atoms with Gasteiger partial charge in [-0.15, -0.1) is 10.2 Å². The predicted molar refractivity (Wildman–Crippen MR) is 254 cm³/mol. The van der Waals surface area contributed by atoms with E-state index in [1.165, 1.54) is 0 Å². The van der Waals surface area contributed by atoms with Crippen LogP contribution in [0.15, 0.2) is 72.8 Å². The highest BCUT2D eigenvalue weighted by Gasteiger charge is 2.46. The average molecular weight is 940 g/mol. The third-order valence-corrected chi connectivity index (χ3v) is 14.5. The Morgan fingerprint density at radius 2 is 1.41 bits per heavy atom. The van der Waals surface area contributed by atoms with Crippen LogP contribution in [0.25, 0.3) is 11.3 Å². The Kier molecular flexibility index (Phi) is 12.9. The van der Waals surface area contributed by atoms with Crippen molar-refractivity contribution >= 4 is 52.6 Å². The molecule has 0 spiro atoms. The number of piperazine rings is 3. The summed E-state index contributed by atoms with van der Waals surface area (Å²) in [7, 11) is 0. The number of nitrogens with zero attached hydrogens (tertiary/aromatic N) is 9. The highest BCUT2D eigenvalue weighted by Crippen LogP contribution is 2.40. The number of ether oxygens (including phenoxy) is 1. The summed E-state index contributed by atoms with van der Waals surface area (Å²) >= 11 is 0. The normalized spacial score (nSPS) is 22.0. The largest absolute Gasteiger partial charge is 0.507 e. The summed E-state index contributed by atoms with van der Waals surface area (Å²) in [6.07, 6.45) is 2.57. The number of aromatic hydroxyl groups is 1. The summed E-state index contributed by atoms with van der Waals surface area (Å²) in [6, 6.07) is 22.0. The van der Waals surface area contributed by atoms with E-state index in [2.05, 4.69) is 47.2 Å². The van der Waals surface area contributed by atoms with Crippen LogP contribution in [0.2, 0.25) is 0 Å². The molecule has 360 valence electrons. The van der Waals surface area contributed by atoms with Crippen LogP contribution in [-0.2, 0) is 25.7 Å². The first-order valence-electron chi connectivity index (χ1n) is 24.0. The lowest BCUT2D eigenvalue weighted by molar-refractivity contribution is -0.138. The number of fused-ring (bicyclic) bond motifs is 3. The van der Waals surface area contributed by atoms with Crippen LogP contribution in [-0.4, -0.2) is 172 Å². The molecule has 5 fully saturated rings. The minimum absolute atomic E-state index is 0.0221. The van der Waals surface area contributed by atoms with E-state index in [1.54, 1.807) is 35.2 Å². The lowest BCUT2D eigenvalue weighted by Crippen LogP contribution is -2.54. The van der Waals surface area contributed by atoms with Crippen LogP contribution in [0.4, 0.5) is 17.2 Å². The van der Waals surface area contributed by atoms with Crippen molar-refractivity contribution in [2.75, 3.05) is 94.1 Å². The summed E-state index contributed by atoms with van der Waals surface area (Å²) < 4.78 is 6.29. The van der Waals surface area contributed by atoms with Crippen molar-refractivity contribution in [1.29, 1.82) is 0 Å². The molecule has 0 aliphatic carbocycles. The van der Waals surface area contributed by atoms with Crippen LogP contribution in [0.5, 0.6) is 11.5 Å². The minimum Gasteiger partial charge on any atom is -0.507 e. The number of phenolic OH excluding ortho intramolecular Hbond substituents is 1. The van der Waals surface area contributed by atoms with E-state index in [1.807, 2.05) is 35.2 Å². The van der Waals surface area contributed by atoms with Gasteiger partial charge in [-0.05, 0) is 61.2 Å². The molecule has 3 unspecified atom stereocenters. The molecule has 4 aromatic rings. The summed E-state index contributed by atoms with van der Waals surface area (Å²) in [4.78, 5) is 91.4. The number of para-hydroxylation sites is 1. The van der Waals surface area contributed by atoms with Crippen LogP contribution < -0.4 is 25.6 Å². The van der Waals surface area contributed by atoms with Gasteiger partial charge in [0.25, 0.3) is 11.8 Å². The minimum atomic E-state index is -1.03. The van der Waals surface area contributed by atoms with E-state index in [9.17, 15) is 33.9 Å². The molecule has 0 saturated carbocycles. The van der Waals surface area contributed by atoms with Crippen LogP contribution in [0, 0.1) is 0 Å². The smallest absolute Gasteiger partial charge is 0.262 e. The number of rotatable bonds is 13. The van der Waals surface area contributed by atoms with E-state index >= 15 is 0 Å². The van der Waals surface area contributed by atoms with Crippen molar-refractivity contribution in [3.63, 3.8) is 0 Å². The Balaban J connectivity index is 0.638. The fourth-order valence-electron chi connectivity index (χ4n) is 10.9. The molecule has 19 heteroatoms. The molecule has 19 nitrogen and oxygen atoms in total. The van der Waals surface area contributed by atoms with E-state index in [4.69, 9.17) is 10.5 Å². The van der Waals surface area contributed by atoms with E-state index in [0.29, 0.717) is 75.1 Å². The summed E-state index contributed by atoms with van der Waals surface area (Å²) in [5.74, 6) is -0.878. The molecule has 6 amide bonds. The van der Waals surface area contributed by atoms with Crippen LogP contribution in [0.1, 0.15) is 64.8 Å². The van der Waals surface area contributed by atoms with Gasteiger partial charge < -0.3 is 35.2 Å². The number of carbonyl (C=O) groups is 6. The summed E-state index contributed by atoms with van der Waals surface area (Å²) in [5, 5.41) is 21.2. The van der Waals surface area contributed by atoms with Gasteiger partial charge in [0, 0.05) is 127 Å². The zero-order chi connectivity index (χ0) is 47.8. The number of nitrogens with one attached hydrogen (secondary N) is 1. The van der Waals surface area contributed by atoms with Crippen molar-refractivity contribution in [3.05, 3.63) is 89.5 Å². The molecular weight excluding hydrogens is 883 g/mol.